The summed E-state index contributed by atoms with van der Waals surface area (Å²) in [5, 5.41) is 0. The number of alkyl halides is 3. The average Bonchev–Trinajstić information content (AvgIpc) is 2.53. The number of benzene rings is 1. The molecule has 2 bridgehead atoms. The third-order valence-corrected chi connectivity index (χ3v) is 5.88. The summed E-state index contributed by atoms with van der Waals surface area (Å²) in [5.41, 5.74) is 4.68. The molecule has 0 radical (unpaired) electrons. The van der Waals surface area contributed by atoms with E-state index < -0.39 is 28.3 Å². The molecule has 2 N–H and O–H groups in total. The standard InChI is InChI=1S/C20H26F3NO2/c1-17(2,3)26-16(25)18-7-9-19(24,10-8-18)15(12-18)13-5-4-6-14(11-13)20(21,22)23/h4-6,11,15H,7-10,12,24H2,1-3H3. The van der Waals surface area contributed by atoms with E-state index in [2.05, 4.69) is 0 Å². The van der Waals surface area contributed by atoms with Gasteiger partial charge in [-0.25, -0.2) is 0 Å². The van der Waals surface area contributed by atoms with Crippen LogP contribution in [0.2, 0.25) is 0 Å². The van der Waals surface area contributed by atoms with Crippen LogP contribution in [0.5, 0.6) is 0 Å². The van der Waals surface area contributed by atoms with E-state index in [0.29, 0.717) is 37.7 Å². The van der Waals surface area contributed by atoms with Crippen molar-refractivity contribution in [2.75, 3.05) is 0 Å². The van der Waals surface area contributed by atoms with Crippen molar-refractivity contribution in [1.82, 2.24) is 0 Å². The van der Waals surface area contributed by atoms with Gasteiger partial charge in [-0.05, 0) is 64.5 Å². The van der Waals surface area contributed by atoms with Crippen LogP contribution in [0.1, 0.15) is 69.9 Å². The summed E-state index contributed by atoms with van der Waals surface area (Å²) in [6.07, 6.45) is -1.45. The zero-order valence-corrected chi connectivity index (χ0v) is 15.5. The first-order valence-corrected chi connectivity index (χ1v) is 9.04. The van der Waals surface area contributed by atoms with Gasteiger partial charge >= 0.3 is 12.1 Å². The highest BCUT2D eigenvalue weighted by Crippen LogP contribution is 2.58. The van der Waals surface area contributed by atoms with Crippen molar-refractivity contribution in [1.29, 1.82) is 0 Å². The maximum absolute atomic E-state index is 13.1. The van der Waals surface area contributed by atoms with E-state index in [1.165, 1.54) is 12.1 Å². The summed E-state index contributed by atoms with van der Waals surface area (Å²) in [6, 6.07) is 5.36. The van der Waals surface area contributed by atoms with Gasteiger partial charge in [-0.2, -0.15) is 13.2 Å². The maximum Gasteiger partial charge on any atom is 0.416 e. The molecule has 3 aliphatic carbocycles. The smallest absolute Gasteiger partial charge is 0.416 e. The minimum Gasteiger partial charge on any atom is -0.460 e. The fraction of sp³-hybridized carbons (Fsp3) is 0.650. The molecule has 6 heteroatoms. The van der Waals surface area contributed by atoms with E-state index in [1.54, 1.807) is 6.07 Å². The summed E-state index contributed by atoms with van der Waals surface area (Å²) in [7, 11) is 0. The van der Waals surface area contributed by atoms with E-state index in [-0.39, 0.29) is 11.9 Å². The molecule has 3 nitrogen and oxygen atoms in total. The number of fused-ring (bicyclic) bond motifs is 3. The molecule has 1 unspecified atom stereocenters. The van der Waals surface area contributed by atoms with Crippen molar-refractivity contribution >= 4 is 5.97 Å². The lowest BCUT2D eigenvalue weighted by Gasteiger charge is -2.55. The number of ether oxygens (including phenoxy) is 1. The van der Waals surface area contributed by atoms with E-state index in [0.717, 1.165) is 6.07 Å². The molecule has 0 amide bonds. The van der Waals surface area contributed by atoms with Gasteiger partial charge in [-0.3, -0.25) is 4.79 Å². The second-order valence-electron chi connectivity index (χ2n) is 8.90. The topological polar surface area (TPSA) is 52.3 Å². The van der Waals surface area contributed by atoms with Crippen molar-refractivity contribution in [3.63, 3.8) is 0 Å². The summed E-state index contributed by atoms with van der Waals surface area (Å²) in [4.78, 5) is 12.9. The Morgan fingerprint density at radius 2 is 1.77 bits per heavy atom. The Morgan fingerprint density at radius 3 is 2.31 bits per heavy atom. The van der Waals surface area contributed by atoms with Crippen molar-refractivity contribution in [3.05, 3.63) is 35.4 Å². The fourth-order valence-corrected chi connectivity index (χ4v) is 4.40. The third kappa shape index (κ3) is 3.48. The SMILES string of the molecule is CC(C)(C)OC(=O)C12CCC(N)(CC1)C(c1cccc(C(F)(F)F)c1)C2. The van der Waals surface area contributed by atoms with E-state index in [9.17, 15) is 18.0 Å². The van der Waals surface area contributed by atoms with Crippen molar-refractivity contribution in [2.24, 2.45) is 11.1 Å². The fourth-order valence-electron chi connectivity index (χ4n) is 4.40. The van der Waals surface area contributed by atoms with Gasteiger partial charge in [0.05, 0.1) is 11.0 Å². The number of hydrogen-bond donors (Lipinski definition) is 1. The largest absolute Gasteiger partial charge is 0.460 e. The number of halogens is 3. The van der Waals surface area contributed by atoms with Crippen LogP contribution in [0.25, 0.3) is 0 Å². The molecule has 1 aromatic carbocycles. The Balaban J connectivity index is 1.93. The zero-order chi connectivity index (χ0) is 19.4. The van der Waals surface area contributed by atoms with Gasteiger partial charge in [0.1, 0.15) is 5.60 Å². The Labute approximate surface area is 152 Å². The number of esters is 1. The average molecular weight is 369 g/mol. The lowest BCUT2D eigenvalue weighted by atomic mass is 9.51. The summed E-state index contributed by atoms with van der Waals surface area (Å²) >= 11 is 0. The molecule has 26 heavy (non-hydrogen) atoms. The Morgan fingerprint density at radius 1 is 1.15 bits per heavy atom. The predicted octanol–water partition coefficient (Wildman–Crippen LogP) is 4.79. The highest BCUT2D eigenvalue weighted by atomic mass is 19.4. The number of rotatable bonds is 2. The number of hydrogen-bond acceptors (Lipinski definition) is 3. The molecular weight excluding hydrogens is 343 g/mol. The molecule has 4 rings (SSSR count). The monoisotopic (exact) mass is 369 g/mol. The van der Waals surface area contributed by atoms with Crippen LogP contribution in [0.3, 0.4) is 0 Å². The molecule has 0 spiro atoms. The first-order valence-electron chi connectivity index (χ1n) is 9.04. The van der Waals surface area contributed by atoms with Crippen LogP contribution < -0.4 is 5.73 Å². The van der Waals surface area contributed by atoms with E-state index in [1.807, 2.05) is 20.8 Å². The van der Waals surface area contributed by atoms with Gasteiger partial charge < -0.3 is 10.5 Å². The van der Waals surface area contributed by atoms with Gasteiger partial charge in [0, 0.05) is 11.5 Å². The predicted molar refractivity (Wildman–Crippen MR) is 92.5 cm³/mol. The molecule has 1 aromatic rings. The maximum atomic E-state index is 13.1. The first kappa shape index (κ1) is 19.2. The molecule has 0 aromatic heterocycles. The normalized spacial score (nSPS) is 31.7. The van der Waals surface area contributed by atoms with Crippen LogP contribution in [-0.4, -0.2) is 17.1 Å². The molecule has 1 atom stereocenters. The van der Waals surface area contributed by atoms with Gasteiger partial charge in [-0.1, -0.05) is 18.2 Å². The minimum absolute atomic E-state index is 0.247. The van der Waals surface area contributed by atoms with Gasteiger partial charge in [0.15, 0.2) is 0 Å². The van der Waals surface area contributed by atoms with Crippen molar-refractivity contribution in [2.45, 2.75) is 76.1 Å². The molecule has 0 saturated heterocycles. The lowest BCUT2D eigenvalue weighted by molar-refractivity contribution is -0.176. The van der Waals surface area contributed by atoms with Crippen LogP contribution >= 0.6 is 0 Å². The number of carbonyl (C=O) groups is 1. The lowest BCUT2D eigenvalue weighted by Crippen LogP contribution is -2.59. The summed E-state index contributed by atoms with van der Waals surface area (Å²) in [6.45, 7) is 5.47. The highest BCUT2D eigenvalue weighted by Gasteiger charge is 2.57. The molecule has 0 heterocycles. The molecule has 0 aliphatic heterocycles. The second-order valence-corrected chi connectivity index (χ2v) is 8.90. The molecule has 144 valence electrons. The summed E-state index contributed by atoms with van der Waals surface area (Å²) in [5.74, 6) is -0.524. The molecule has 3 fully saturated rings. The van der Waals surface area contributed by atoms with Gasteiger partial charge in [-0.15, -0.1) is 0 Å². The van der Waals surface area contributed by atoms with E-state index in [4.69, 9.17) is 10.5 Å². The Bertz CT molecular complexity index is 698. The highest BCUT2D eigenvalue weighted by molar-refractivity contribution is 5.78. The molecular formula is C20H26F3NO2. The van der Waals surface area contributed by atoms with Crippen molar-refractivity contribution < 1.29 is 22.7 Å². The van der Waals surface area contributed by atoms with Gasteiger partial charge in [0.2, 0.25) is 0 Å². The quantitative estimate of drug-likeness (QED) is 0.763. The van der Waals surface area contributed by atoms with Crippen LogP contribution in [-0.2, 0) is 15.7 Å². The first-order chi connectivity index (χ1) is 11.8. The van der Waals surface area contributed by atoms with Gasteiger partial charge in [0.25, 0.3) is 0 Å². The Kier molecular flexibility index (Phi) is 4.42. The number of nitrogens with two attached hydrogens (primary N) is 1. The second kappa shape index (κ2) is 5.98. The summed E-state index contributed by atoms with van der Waals surface area (Å²) < 4.78 is 44.9. The molecule has 3 aliphatic rings. The zero-order valence-electron chi connectivity index (χ0n) is 15.5. The van der Waals surface area contributed by atoms with Crippen LogP contribution in [0.4, 0.5) is 13.2 Å². The third-order valence-electron chi connectivity index (χ3n) is 5.88. The van der Waals surface area contributed by atoms with Crippen LogP contribution in [0.15, 0.2) is 24.3 Å². The molecule has 3 saturated carbocycles. The van der Waals surface area contributed by atoms with E-state index >= 15 is 0 Å². The van der Waals surface area contributed by atoms with Crippen molar-refractivity contribution in [3.8, 4) is 0 Å². The van der Waals surface area contributed by atoms with Crippen LogP contribution in [0, 0.1) is 5.41 Å². The Hall–Kier alpha value is -1.56. The number of carbonyl (C=O) groups excluding carboxylic acids is 1. The minimum atomic E-state index is -4.39.